The molecule has 5 heteroatoms. The molecule has 0 amide bonds. The van der Waals surface area contributed by atoms with E-state index in [9.17, 15) is 8.78 Å². The minimum absolute atomic E-state index is 0.125. The van der Waals surface area contributed by atoms with Gasteiger partial charge in [0, 0.05) is 18.7 Å². The summed E-state index contributed by atoms with van der Waals surface area (Å²) in [7, 11) is 0. The number of anilines is 1. The first-order valence-electron chi connectivity index (χ1n) is 4.54. The van der Waals surface area contributed by atoms with E-state index in [2.05, 4.69) is 15.6 Å². The van der Waals surface area contributed by atoms with Crippen molar-refractivity contribution >= 4 is 5.82 Å². The molecule has 0 aliphatic carbocycles. The Bertz CT molecular complexity index is 324. The number of rotatable bonds is 2. The summed E-state index contributed by atoms with van der Waals surface area (Å²) in [6.07, 6.45) is 1.94. The van der Waals surface area contributed by atoms with Gasteiger partial charge in [-0.25, -0.2) is 13.8 Å². The van der Waals surface area contributed by atoms with E-state index in [0.29, 0.717) is 0 Å². The summed E-state index contributed by atoms with van der Waals surface area (Å²) in [5.74, 6) is -1.17. The third-order valence-corrected chi connectivity index (χ3v) is 2.21. The Labute approximate surface area is 80.5 Å². The van der Waals surface area contributed by atoms with Gasteiger partial charge in [0.2, 0.25) is 0 Å². The molecule has 2 N–H and O–H groups in total. The second-order valence-corrected chi connectivity index (χ2v) is 3.32. The quantitative estimate of drug-likeness (QED) is 0.749. The zero-order chi connectivity index (χ0) is 9.97. The van der Waals surface area contributed by atoms with Crippen molar-refractivity contribution in [2.45, 2.75) is 12.5 Å². The highest BCUT2D eigenvalue weighted by molar-refractivity contribution is 5.37. The van der Waals surface area contributed by atoms with Crippen LogP contribution < -0.4 is 10.6 Å². The van der Waals surface area contributed by atoms with Crippen LogP contribution in [0.3, 0.4) is 0 Å². The fraction of sp³-hybridized carbons (Fsp3) is 0.444. The molecular weight excluding hydrogens is 188 g/mol. The molecule has 1 fully saturated rings. The smallest absolute Gasteiger partial charge is 0.168 e. The van der Waals surface area contributed by atoms with Gasteiger partial charge < -0.3 is 10.6 Å². The molecule has 1 aliphatic rings. The lowest BCUT2D eigenvalue weighted by molar-refractivity contribution is 0.573. The molecule has 0 spiro atoms. The van der Waals surface area contributed by atoms with Gasteiger partial charge in [0.25, 0.3) is 0 Å². The van der Waals surface area contributed by atoms with Crippen molar-refractivity contribution in [1.29, 1.82) is 0 Å². The molecule has 76 valence electrons. The Morgan fingerprint density at radius 1 is 1.50 bits per heavy atom. The molecule has 0 saturated carbocycles. The van der Waals surface area contributed by atoms with Gasteiger partial charge in [-0.15, -0.1) is 0 Å². The van der Waals surface area contributed by atoms with Gasteiger partial charge in [0.05, 0.1) is 6.20 Å². The Morgan fingerprint density at radius 3 is 3.00 bits per heavy atom. The molecule has 1 unspecified atom stereocenters. The molecule has 1 saturated heterocycles. The van der Waals surface area contributed by atoms with E-state index in [0.717, 1.165) is 31.8 Å². The van der Waals surface area contributed by atoms with E-state index in [1.807, 2.05) is 0 Å². The Morgan fingerprint density at radius 2 is 2.36 bits per heavy atom. The maximum absolute atomic E-state index is 13.1. The van der Waals surface area contributed by atoms with Crippen molar-refractivity contribution < 1.29 is 8.78 Å². The monoisotopic (exact) mass is 199 g/mol. The van der Waals surface area contributed by atoms with Crippen LogP contribution in [0, 0.1) is 11.6 Å². The predicted molar refractivity (Wildman–Crippen MR) is 49.1 cm³/mol. The van der Waals surface area contributed by atoms with Crippen molar-refractivity contribution in [1.82, 2.24) is 10.3 Å². The van der Waals surface area contributed by atoms with Gasteiger partial charge in [-0.3, -0.25) is 0 Å². The first-order chi connectivity index (χ1) is 6.75. The standard InChI is InChI=1S/C9H11F2N3/c10-6-3-8(11)9(13-4-6)14-7-1-2-12-5-7/h3-4,7,12H,1-2,5H2,(H,13,14). The molecule has 0 aromatic carbocycles. The van der Waals surface area contributed by atoms with Crippen molar-refractivity contribution in [3.63, 3.8) is 0 Å². The summed E-state index contributed by atoms with van der Waals surface area (Å²) in [6.45, 7) is 1.71. The molecule has 0 bridgehead atoms. The van der Waals surface area contributed by atoms with Gasteiger partial charge >= 0.3 is 0 Å². The lowest BCUT2D eigenvalue weighted by Gasteiger charge is -2.11. The van der Waals surface area contributed by atoms with Crippen LogP contribution in [0.5, 0.6) is 0 Å². The topological polar surface area (TPSA) is 37.0 Å². The fourth-order valence-corrected chi connectivity index (χ4v) is 1.49. The Balaban J connectivity index is 2.08. The van der Waals surface area contributed by atoms with E-state index in [1.165, 1.54) is 0 Å². The lowest BCUT2D eigenvalue weighted by Crippen LogP contribution is -2.23. The minimum Gasteiger partial charge on any atom is -0.364 e. The second kappa shape index (κ2) is 3.88. The largest absolute Gasteiger partial charge is 0.364 e. The van der Waals surface area contributed by atoms with Crippen LogP contribution in [-0.2, 0) is 0 Å². The lowest BCUT2D eigenvalue weighted by atomic mass is 10.2. The molecule has 2 heterocycles. The number of hydrogen-bond donors (Lipinski definition) is 2. The molecule has 0 radical (unpaired) electrons. The third kappa shape index (κ3) is 1.98. The SMILES string of the molecule is Fc1cnc(NC2CCNC2)c(F)c1. The number of halogens is 2. The van der Waals surface area contributed by atoms with E-state index in [1.54, 1.807) is 0 Å². The third-order valence-electron chi connectivity index (χ3n) is 2.21. The van der Waals surface area contributed by atoms with Crippen molar-refractivity contribution in [2.24, 2.45) is 0 Å². The predicted octanol–water partition coefficient (Wildman–Crippen LogP) is 1.13. The van der Waals surface area contributed by atoms with E-state index >= 15 is 0 Å². The van der Waals surface area contributed by atoms with Gasteiger partial charge in [-0.2, -0.15) is 0 Å². The van der Waals surface area contributed by atoms with Crippen LogP contribution >= 0.6 is 0 Å². The fourth-order valence-electron chi connectivity index (χ4n) is 1.49. The first-order valence-corrected chi connectivity index (χ1v) is 4.54. The van der Waals surface area contributed by atoms with Crippen LogP contribution in [0.4, 0.5) is 14.6 Å². The first kappa shape index (κ1) is 9.33. The average Bonchev–Trinajstić information content (AvgIpc) is 2.62. The summed E-state index contributed by atoms with van der Waals surface area (Å²) in [4.78, 5) is 3.65. The van der Waals surface area contributed by atoms with E-state index in [4.69, 9.17) is 0 Å². The Kier molecular flexibility index (Phi) is 2.58. The van der Waals surface area contributed by atoms with Crippen LogP contribution in [0.2, 0.25) is 0 Å². The molecule has 3 nitrogen and oxygen atoms in total. The highest BCUT2D eigenvalue weighted by Crippen LogP contribution is 2.14. The molecular formula is C9H11F2N3. The van der Waals surface area contributed by atoms with E-state index < -0.39 is 11.6 Å². The molecule has 1 atom stereocenters. The second-order valence-electron chi connectivity index (χ2n) is 3.32. The van der Waals surface area contributed by atoms with Crippen LogP contribution in [0.15, 0.2) is 12.3 Å². The van der Waals surface area contributed by atoms with Gasteiger partial charge in [-0.1, -0.05) is 0 Å². The van der Waals surface area contributed by atoms with Gasteiger partial charge in [0.1, 0.15) is 5.82 Å². The van der Waals surface area contributed by atoms with Crippen LogP contribution in [0.1, 0.15) is 6.42 Å². The molecule has 1 aromatic rings. The summed E-state index contributed by atoms with van der Waals surface area (Å²) >= 11 is 0. The van der Waals surface area contributed by atoms with E-state index in [-0.39, 0.29) is 11.9 Å². The number of pyridine rings is 1. The molecule has 2 rings (SSSR count). The average molecular weight is 199 g/mol. The van der Waals surface area contributed by atoms with Crippen molar-refractivity contribution in [3.05, 3.63) is 23.9 Å². The van der Waals surface area contributed by atoms with Gasteiger partial charge in [-0.05, 0) is 13.0 Å². The number of hydrogen-bond acceptors (Lipinski definition) is 3. The van der Waals surface area contributed by atoms with Crippen molar-refractivity contribution in [3.8, 4) is 0 Å². The Hall–Kier alpha value is -1.23. The summed E-state index contributed by atoms with van der Waals surface area (Å²) in [5.41, 5.74) is 0. The normalized spacial score (nSPS) is 21.1. The number of aromatic nitrogens is 1. The van der Waals surface area contributed by atoms with Crippen LogP contribution in [-0.4, -0.2) is 24.1 Å². The number of nitrogens with one attached hydrogen (secondary N) is 2. The number of nitrogens with zero attached hydrogens (tertiary/aromatic N) is 1. The molecule has 14 heavy (non-hydrogen) atoms. The zero-order valence-corrected chi connectivity index (χ0v) is 7.56. The van der Waals surface area contributed by atoms with Gasteiger partial charge in [0.15, 0.2) is 11.6 Å². The summed E-state index contributed by atoms with van der Waals surface area (Å²) in [5, 5.41) is 6.06. The van der Waals surface area contributed by atoms with Crippen molar-refractivity contribution in [2.75, 3.05) is 18.4 Å². The van der Waals surface area contributed by atoms with Crippen LogP contribution in [0.25, 0.3) is 0 Å². The summed E-state index contributed by atoms with van der Waals surface area (Å²) < 4.78 is 25.6. The maximum Gasteiger partial charge on any atom is 0.168 e. The molecule has 1 aromatic heterocycles. The highest BCUT2D eigenvalue weighted by atomic mass is 19.1. The molecule has 1 aliphatic heterocycles. The zero-order valence-electron chi connectivity index (χ0n) is 7.56. The summed E-state index contributed by atoms with van der Waals surface area (Å²) in [6, 6.07) is 1.01. The minimum atomic E-state index is -0.655. The maximum atomic E-state index is 13.1. The highest BCUT2D eigenvalue weighted by Gasteiger charge is 2.16.